The summed E-state index contributed by atoms with van der Waals surface area (Å²) in [6, 6.07) is 5.96. The van der Waals surface area contributed by atoms with Gasteiger partial charge in [0.25, 0.3) is 0 Å². The predicted molar refractivity (Wildman–Crippen MR) is 77.5 cm³/mol. The molecule has 2 saturated heterocycles. The molecule has 2 aliphatic rings. The minimum absolute atomic E-state index is 0.0657. The number of carbonyl (C=O) groups excluding carboxylic acids is 1. The van der Waals surface area contributed by atoms with Crippen LogP contribution in [-0.4, -0.2) is 29.8 Å². The molecule has 120 valence electrons. The van der Waals surface area contributed by atoms with Gasteiger partial charge in [-0.1, -0.05) is 12.1 Å². The van der Waals surface area contributed by atoms with Gasteiger partial charge in [0.15, 0.2) is 0 Å². The Labute approximate surface area is 128 Å². The number of ketones is 1. The Morgan fingerprint density at radius 2 is 1.68 bits per heavy atom. The summed E-state index contributed by atoms with van der Waals surface area (Å²) in [5, 5.41) is 0. The van der Waals surface area contributed by atoms with Crippen LogP contribution in [-0.2, 0) is 17.4 Å². The predicted octanol–water partition coefficient (Wildman–Crippen LogP) is 3.69. The highest BCUT2D eigenvalue weighted by atomic mass is 19.4. The van der Waals surface area contributed by atoms with Gasteiger partial charge in [-0.15, -0.1) is 0 Å². The van der Waals surface area contributed by atoms with Gasteiger partial charge in [0.1, 0.15) is 5.78 Å². The molecular weight excluding hydrogens is 291 g/mol. The zero-order valence-electron chi connectivity index (χ0n) is 12.6. The lowest BCUT2D eigenvalue weighted by molar-refractivity contribution is -0.137. The molecule has 1 aromatic rings. The van der Waals surface area contributed by atoms with Crippen molar-refractivity contribution in [2.45, 2.75) is 50.4 Å². The number of hydrogen-bond acceptors (Lipinski definition) is 2. The Morgan fingerprint density at radius 1 is 1.14 bits per heavy atom. The molecule has 0 aliphatic carbocycles. The van der Waals surface area contributed by atoms with Crippen molar-refractivity contribution in [2.24, 2.45) is 5.92 Å². The third kappa shape index (κ3) is 3.05. The zero-order chi connectivity index (χ0) is 15.9. The number of fused-ring (bicyclic) bond motifs is 2. The third-order valence-corrected chi connectivity index (χ3v) is 5.21. The number of alkyl halides is 3. The molecule has 2 heterocycles. The Morgan fingerprint density at radius 3 is 2.18 bits per heavy atom. The van der Waals surface area contributed by atoms with Crippen LogP contribution in [0.1, 0.15) is 36.8 Å². The minimum atomic E-state index is -4.32. The first-order chi connectivity index (χ1) is 10.3. The molecule has 1 aromatic carbocycles. The number of halogens is 3. The lowest BCUT2D eigenvalue weighted by Gasteiger charge is -2.35. The fourth-order valence-corrected chi connectivity index (χ4v) is 3.83. The fourth-order valence-electron chi connectivity index (χ4n) is 3.83. The van der Waals surface area contributed by atoms with Crippen LogP contribution in [0.2, 0.25) is 0 Å². The van der Waals surface area contributed by atoms with Gasteiger partial charge < -0.3 is 4.90 Å². The number of carbonyl (C=O) groups is 1. The topological polar surface area (TPSA) is 20.3 Å². The van der Waals surface area contributed by atoms with Gasteiger partial charge in [-0.05, 0) is 50.4 Å². The SMILES string of the molecule is CN1C2CCC1CC(C(=O)Cc1ccc(C(F)(F)F)cc1)C2. The Bertz CT molecular complexity index is 538. The van der Waals surface area contributed by atoms with Crippen LogP contribution in [0, 0.1) is 5.92 Å². The van der Waals surface area contributed by atoms with Gasteiger partial charge in [0.2, 0.25) is 0 Å². The average Bonchev–Trinajstić information content (AvgIpc) is 2.69. The van der Waals surface area contributed by atoms with Gasteiger partial charge >= 0.3 is 6.18 Å². The number of hydrogen-bond donors (Lipinski definition) is 0. The van der Waals surface area contributed by atoms with E-state index in [2.05, 4.69) is 11.9 Å². The van der Waals surface area contributed by atoms with E-state index in [-0.39, 0.29) is 18.1 Å². The summed E-state index contributed by atoms with van der Waals surface area (Å²) < 4.78 is 37.6. The second-order valence-corrected chi connectivity index (χ2v) is 6.56. The molecule has 3 rings (SSSR count). The van der Waals surface area contributed by atoms with Crippen molar-refractivity contribution in [3.05, 3.63) is 35.4 Å². The van der Waals surface area contributed by atoms with Crippen molar-refractivity contribution in [3.63, 3.8) is 0 Å². The first kappa shape index (κ1) is 15.5. The Balaban J connectivity index is 1.63. The van der Waals surface area contributed by atoms with E-state index in [1.54, 1.807) is 0 Å². The number of nitrogens with zero attached hydrogens (tertiary/aromatic N) is 1. The first-order valence-corrected chi connectivity index (χ1v) is 7.75. The van der Waals surface area contributed by atoms with Crippen LogP contribution in [0.5, 0.6) is 0 Å². The van der Waals surface area contributed by atoms with E-state index in [4.69, 9.17) is 0 Å². The monoisotopic (exact) mass is 311 g/mol. The molecule has 0 N–H and O–H groups in total. The van der Waals surface area contributed by atoms with Gasteiger partial charge in [0, 0.05) is 24.4 Å². The van der Waals surface area contributed by atoms with Crippen LogP contribution in [0.15, 0.2) is 24.3 Å². The molecule has 2 aliphatic heterocycles. The van der Waals surface area contributed by atoms with E-state index in [1.165, 1.54) is 12.1 Å². The number of rotatable bonds is 3. The summed E-state index contributed by atoms with van der Waals surface area (Å²) in [5.74, 6) is 0.237. The van der Waals surface area contributed by atoms with Gasteiger partial charge in [-0.25, -0.2) is 0 Å². The quantitative estimate of drug-likeness (QED) is 0.848. The number of Topliss-reactive ketones (excluding diaryl/α,β-unsaturated/α-hetero) is 1. The fraction of sp³-hybridized carbons (Fsp3) is 0.588. The van der Waals surface area contributed by atoms with Crippen molar-refractivity contribution in [1.29, 1.82) is 0 Å². The van der Waals surface area contributed by atoms with Crippen LogP contribution < -0.4 is 0 Å². The van der Waals surface area contributed by atoms with Crippen molar-refractivity contribution in [2.75, 3.05) is 7.05 Å². The maximum Gasteiger partial charge on any atom is 0.416 e. The highest BCUT2D eigenvalue weighted by molar-refractivity contribution is 5.83. The van der Waals surface area contributed by atoms with E-state index in [1.807, 2.05) is 0 Å². The summed E-state index contributed by atoms with van der Waals surface area (Å²) in [7, 11) is 2.12. The highest BCUT2D eigenvalue weighted by Crippen LogP contribution is 2.38. The molecule has 2 atom stereocenters. The van der Waals surface area contributed by atoms with E-state index in [0.717, 1.165) is 37.8 Å². The number of benzene rings is 1. The molecular formula is C17H20F3NO. The summed E-state index contributed by atoms with van der Waals surface area (Å²) >= 11 is 0. The second kappa shape index (κ2) is 5.69. The first-order valence-electron chi connectivity index (χ1n) is 7.75. The summed E-state index contributed by atoms with van der Waals surface area (Å²) in [6.07, 6.45) is 0.0248. The second-order valence-electron chi connectivity index (χ2n) is 6.56. The van der Waals surface area contributed by atoms with Gasteiger partial charge in [-0.3, -0.25) is 4.79 Å². The molecule has 0 amide bonds. The smallest absolute Gasteiger partial charge is 0.300 e. The molecule has 2 nitrogen and oxygen atoms in total. The minimum Gasteiger partial charge on any atom is -0.300 e. The summed E-state index contributed by atoms with van der Waals surface area (Å²) in [6.45, 7) is 0. The molecule has 2 unspecified atom stereocenters. The molecule has 0 radical (unpaired) electrons. The summed E-state index contributed by atoms with van der Waals surface area (Å²) in [5.41, 5.74) is 0.00492. The molecule has 0 spiro atoms. The van der Waals surface area contributed by atoms with E-state index < -0.39 is 11.7 Å². The van der Waals surface area contributed by atoms with Gasteiger partial charge in [-0.2, -0.15) is 13.2 Å². The largest absolute Gasteiger partial charge is 0.416 e. The maximum absolute atomic E-state index is 12.5. The lowest BCUT2D eigenvalue weighted by atomic mass is 9.85. The molecule has 5 heteroatoms. The van der Waals surface area contributed by atoms with Crippen molar-refractivity contribution >= 4 is 5.78 Å². The van der Waals surface area contributed by atoms with Crippen molar-refractivity contribution in [1.82, 2.24) is 4.90 Å². The van der Waals surface area contributed by atoms with Crippen LogP contribution >= 0.6 is 0 Å². The number of piperidine rings is 1. The van der Waals surface area contributed by atoms with Crippen LogP contribution in [0.3, 0.4) is 0 Å². The average molecular weight is 311 g/mol. The highest BCUT2D eigenvalue weighted by Gasteiger charge is 2.40. The molecule has 2 fully saturated rings. The van der Waals surface area contributed by atoms with Gasteiger partial charge in [0.05, 0.1) is 5.56 Å². The maximum atomic E-state index is 12.5. The van der Waals surface area contributed by atoms with Crippen molar-refractivity contribution in [3.8, 4) is 0 Å². The molecule has 0 aromatic heterocycles. The Hall–Kier alpha value is -1.36. The standard InChI is InChI=1S/C17H20F3NO/c1-21-14-6-7-15(21)10-12(9-14)16(22)8-11-2-4-13(5-3-11)17(18,19)20/h2-5,12,14-15H,6-10H2,1H3. The van der Waals surface area contributed by atoms with E-state index in [0.29, 0.717) is 17.6 Å². The molecule has 22 heavy (non-hydrogen) atoms. The summed E-state index contributed by atoms with van der Waals surface area (Å²) in [4.78, 5) is 14.8. The third-order valence-electron chi connectivity index (χ3n) is 5.21. The van der Waals surface area contributed by atoms with E-state index >= 15 is 0 Å². The molecule has 0 saturated carbocycles. The lowest BCUT2D eigenvalue weighted by Crippen LogP contribution is -2.42. The Kier molecular flexibility index (Phi) is 4.02. The van der Waals surface area contributed by atoms with Crippen molar-refractivity contribution < 1.29 is 18.0 Å². The van der Waals surface area contributed by atoms with Crippen LogP contribution in [0.4, 0.5) is 13.2 Å². The van der Waals surface area contributed by atoms with E-state index in [9.17, 15) is 18.0 Å². The zero-order valence-corrected chi connectivity index (χ0v) is 12.6. The normalized spacial score (nSPS) is 28.8. The van der Waals surface area contributed by atoms with Crippen LogP contribution in [0.25, 0.3) is 0 Å². The molecule has 2 bridgehead atoms.